The van der Waals surface area contributed by atoms with Crippen LogP contribution < -0.4 is 5.32 Å². The molecule has 4 rings (SSSR count). The number of carbonyl (C=O) groups is 2. The van der Waals surface area contributed by atoms with Crippen molar-refractivity contribution in [3.63, 3.8) is 0 Å². The topological polar surface area (TPSA) is 58.6 Å². The molecule has 4 atom stereocenters. The zero-order chi connectivity index (χ0) is 19.2. The van der Waals surface area contributed by atoms with E-state index in [1.54, 1.807) is 0 Å². The highest BCUT2D eigenvalue weighted by molar-refractivity contribution is 5.94. The summed E-state index contributed by atoms with van der Waals surface area (Å²) in [6.45, 7) is 8.21. The second-order valence-corrected chi connectivity index (χ2v) is 8.98. The maximum absolute atomic E-state index is 13.0. The molecule has 0 radical (unpaired) electrons. The average Bonchev–Trinajstić information content (AvgIpc) is 3.27. The number of hydrogen-bond acceptors (Lipinski definition) is 3. The van der Waals surface area contributed by atoms with Gasteiger partial charge < -0.3 is 15.0 Å². The minimum Gasteiger partial charge on any atom is -0.369 e. The quantitative estimate of drug-likeness (QED) is 0.867. The van der Waals surface area contributed by atoms with Crippen molar-refractivity contribution in [2.75, 3.05) is 19.6 Å². The maximum Gasteiger partial charge on any atom is 0.253 e. The first kappa shape index (κ1) is 18.5. The summed E-state index contributed by atoms with van der Waals surface area (Å²) in [6.07, 6.45) is 2.85. The number of nitrogens with one attached hydrogen (secondary N) is 1. The van der Waals surface area contributed by atoms with Crippen LogP contribution in [0.4, 0.5) is 0 Å². The van der Waals surface area contributed by atoms with E-state index in [1.165, 1.54) is 0 Å². The third kappa shape index (κ3) is 3.38. The summed E-state index contributed by atoms with van der Waals surface area (Å²) >= 11 is 0. The largest absolute Gasteiger partial charge is 0.369 e. The standard InChI is InChI=1S/C22H30N2O3/c1-14(2)10-20(25)23-11-17-18-12-24(13-22(18)9-8-19(17)27-22)21(26)16-6-4-15(3)5-7-16/h4-7,14,17-19H,8-13H2,1-3H3,(H,23,25)/t17-,18+,19+,22+/m0/s1. The average molecular weight is 370 g/mol. The van der Waals surface area contributed by atoms with E-state index in [2.05, 4.69) is 19.2 Å². The van der Waals surface area contributed by atoms with Crippen molar-refractivity contribution < 1.29 is 14.3 Å². The van der Waals surface area contributed by atoms with Gasteiger partial charge in [0.2, 0.25) is 5.91 Å². The number of benzene rings is 1. The van der Waals surface area contributed by atoms with Crippen LogP contribution in [0.1, 0.15) is 49.0 Å². The molecule has 3 fully saturated rings. The number of rotatable bonds is 5. The zero-order valence-corrected chi connectivity index (χ0v) is 16.5. The molecular weight excluding hydrogens is 340 g/mol. The first-order valence-corrected chi connectivity index (χ1v) is 10.2. The van der Waals surface area contributed by atoms with Gasteiger partial charge in [-0.3, -0.25) is 9.59 Å². The van der Waals surface area contributed by atoms with Crippen LogP contribution in [0.5, 0.6) is 0 Å². The smallest absolute Gasteiger partial charge is 0.253 e. The van der Waals surface area contributed by atoms with Gasteiger partial charge in [-0.1, -0.05) is 31.5 Å². The number of likely N-dealkylation sites (tertiary alicyclic amines) is 1. The molecule has 0 aromatic heterocycles. The van der Waals surface area contributed by atoms with Gasteiger partial charge in [-0.25, -0.2) is 0 Å². The second kappa shape index (κ2) is 6.93. The molecule has 2 amide bonds. The molecule has 0 aliphatic carbocycles. The van der Waals surface area contributed by atoms with Crippen molar-refractivity contribution in [2.45, 2.75) is 51.7 Å². The third-order valence-electron chi connectivity index (χ3n) is 6.50. The van der Waals surface area contributed by atoms with Crippen molar-refractivity contribution in [3.05, 3.63) is 35.4 Å². The number of ether oxygens (including phenoxy) is 1. The number of amides is 2. The van der Waals surface area contributed by atoms with Crippen LogP contribution in [-0.2, 0) is 9.53 Å². The van der Waals surface area contributed by atoms with E-state index in [0.29, 0.717) is 37.3 Å². The first-order chi connectivity index (χ1) is 12.9. The molecule has 1 spiro atoms. The minimum absolute atomic E-state index is 0.0911. The van der Waals surface area contributed by atoms with E-state index in [-0.39, 0.29) is 23.5 Å². The van der Waals surface area contributed by atoms with Gasteiger partial charge in [0.25, 0.3) is 5.91 Å². The summed E-state index contributed by atoms with van der Waals surface area (Å²) in [5.74, 6) is 1.21. The van der Waals surface area contributed by atoms with Gasteiger partial charge in [0.1, 0.15) is 0 Å². The van der Waals surface area contributed by atoms with Crippen LogP contribution in [-0.4, -0.2) is 48.1 Å². The summed E-state index contributed by atoms with van der Waals surface area (Å²) in [7, 11) is 0. The lowest BCUT2D eigenvalue weighted by atomic mass is 9.73. The van der Waals surface area contributed by atoms with Crippen LogP contribution in [0.15, 0.2) is 24.3 Å². The Balaban J connectivity index is 1.43. The summed E-state index contributed by atoms with van der Waals surface area (Å²) in [5.41, 5.74) is 1.70. The Morgan fingerprint density at radius 3 is 2.74 bits per heavy atom. The van der Waals surface area contributed by atoms with Gasteiger partial charge in [-0.05, 0) is 37.8 Å². The van der Waals surface area contributed by atoms with Gasteiger partial charge in [-0.2, -0.15) is 0 Å². The summed E-state index contributed by atoms with van der Waals surface area (Å²) < 4.78 is 6.40. The fraction of sp³-hybridized carbons (Fsp3) is 0.636. The van der Waals surface area contributed by atoms with Crippen LogP contribution in [0, 0.1) is 24.7 Å². The molecule has 1 N–H and O–H groups in total. The summed E-state index contributed by atoms with van der Waals surface area (Å²) in [5, 5.41) is 3.11. The Hall–Kier alpha value is -1.88. The van der Waals surface area contributed by atoms with E-state index in [4.69, 9.17) is 4.74 Å². The minimum atomic E-state index is -0.196. The van der Waals surface area contributed by atoms with E-state index >= 15 is 0 Å². The van der Waals surface area contributed by atoms with Gasteiger partial charge in [0.15, 0.2) is 0 Å². The molecule has 1 aromatic rings. The number of nitrogens with zero attached hydrogens (tertiary/aromatic N) is 1. The van der Waals surface area contributed by atoms with Crippen LogP contribution in [0.3, 0.4) is 0 Å². The zero-order valence-electron chi connectivity index (χ0n) is 16.5. The monoisotopic (exact) mass is 370 g/mol. The molecule has 0 saturated carbocycles. The van der Waals surface area contributed by atoms with Gasteiger partial charge in [0, 0.05) is 36.9 Å². The molecule has 3 aliphatic heterocycles. The van der Waals surface area contributed by atoms with Crippen LogP contribution in [0.2, 0.25) is 0 Å². The molecule has 1 aromatic carbocycles. The molecule has 0 unspecified atom stereocenters. The van der Waals surface area contributed by atoms with Crippen molar-refractivity contribution in [1.82, 2.24) is 10.2 Å². The Labute approximate surface area is 161 Å². The molecule has 3 saturated heterocycles. The molecule has 146 valence electrons. The van der Waals surface area contributed by atoms with Gasteiger partial charge in [0.05, 0.1) is 18.2 Å². The van der Waals surface area contributed by atoms with Crippen LogP contribution >= 0.6 is 0 Å². The van der Waals surface area contributed by atoms with Crippen LogP contribution in [0.25, 0.3) is 0 Å². The number of aryl methyl sites for hydroxylation is 1. The Kier molecular flexibility index (Phi) is 4.75. The SMILES string of the molecule is Cc1ccc(C(=O)N2C[C@@H]3[C@H](CNC(=O)CC(C)C)[C@H]4CC[C@]3(C2)O4)cc1. The highest BCUT2D eigenvalue weighted by atomic mass is 16.5. The van der Waals surface area contributed by atoms with Crippen molar-refractivity contribution in [2.24, 2.45) is 17.8 Å². The molecule has 3 aliphatic rings. The van der Waals surface area contributed by atoms with E-state index < -0.39 is 0 Å². The molecule has 5 heteroatoms. The lowest BCUT2D eigenvalue weighted by molar-refractivity contribution is -0.122. The fourth-order valence-corrected chi connectivity index (χ4v) is 5.17. The van der Waals surface area contributed by atoms with E-state index in [9.17, 15) is 9.59 Å². The molecule has 27 heavy (non-hydrogen) atoms. The van der Waals surface area contributed by atoms with Gasteiger partial charge >= 0.3 is 0 Å². The highest BCUT2D eigenvalue weighted by Crippen LogP contribution is 2.54. The lowest BCUT2D eigenvalue weighted by Crippen LogP contribution is -2.42. The summed E-state index contributed by atoms with van der Waals surface area (Å²) in [4.78, 5) is 27.0. The number of hydrogen-bond donors (Lipinski definition) is 1. The van der Waals surface area contributed by atoms with Crippen molar-refractivity contribution in [3.8, 4) is 0 Å². The Morgan fingerprint density at radius 1 is 1.30 bits per heavy atom. The molecule has 2 bridgehead atoms. The lowest BCUT2D eigenvalue weighted by Gasteiger charge is -2.29. The normalized spacial score (nSPS) is 31.4. The second-order valence-electron chi connectivity index (χ2n) is 8.98. The van der Waals surface area contributed by atoms with Gasteiger partial charge in [-0.15, -0.1) is 0 Å². The predicted octanol–water partition coefficient (Wildman–Crippen LogP) is 2.78. The molecule has 5 nitrogen and oxygen atoms in total. The van der Waals surface area contributed by atoms with Crippen molar-refractivity contribution in [1.29, 1.82) is 0 Å². The molecule has 3 heterocycles. The fourth-order valence-electron chi connectivity index (χ4n) is 5.17. The van der Waals surface area contributed by atoms with E-state index in [0.717, 1.165) is 30.5 Å². The predicted molar refractivity (Wildman–Crippen MR) is 103 cm³/mol. The van der Waals surface area contributed by atoms with Crippen molar-refractivity contribution >= 4 is 11.8 Å². The number of carbonyl (C=O) groups excluding carboxylic acids is 2. The third-order valence-corrected chi connectivity index (χ3v) is 6.50. The molecular formula is C22H30N2O3. The first-order valence-electron chi connectivity index (χ1n) is 10.2. The Morgan fingerprint density at radius 2 is 2.04 bits per heavy atom. The van der Waals surface area contributed by atoms with E-state index in [1.807, 2.05) is 36.1 Å². The maximum atomic E-state index is 13.0. The number of fused-ring (bicyclic) bond motifs is 1. The Bertz CT molecular complexity index is 730. The highest BCUT2D eigenvalue weighted by Gasteiger charge is 2.63. The summed E-state index contributed by atoms with van der Waals surface area (Å²) in [6, 6.07) is 7.78.